The molecule has 1 heterocycles. The second kappa shape index (κ2) is 3.11. The number of rotatable bonds is 2. The molecular formula is C9H14N2O. The van der Waals surface area contributed by atoms with Gasteiger partial charge in [-0.2, -0.15) is 0 Å². The van der Waals surface area contributed by atoms with Crippen LogP contribution >= 0.6 is 0 Å². The minimum Gasteiger partial charge on any atom is -0.398 e. The molecule has 1 rings (SSSR count). The maximum absolute atomic E-state index is 9.51. The zero-order valence-electron chi connectivity index (χ0n) is 7.41. The highest BCUT2D eigenvalue weighted by Gasteiger charge is 2.14. The lowest BCUT2D eigenvalue weighted by Crippen LogP contribution is -2.22. The molecule has 0 bridgehead atoms. The Morgan fingerprint density at radius 2 is 2.25 bits per heavy atom. The van der Waals surface area contributed by atoms with Crippen LogP contribution in [0.25, 0.3) is 0 Å². The molecule has 0 spiro atoms. The van der Waals surface area contributed by atoms with Crippen molar-refractivity contribution in [2.45, 2.75) is 25.9 Å². The molecule has 0 aliphatic carbocycles. The summed E-state index contributed by atoms with van der Waals surface area (Å²) in [5, 5.41) is 9.51. The molecule has 66 valence electrons. The van der Waals surface area contributed by atoms with Crippen molar-refractivity contribution in [1.82, 2.24) is 4.98 Å². The molecule has 1 aromatic rings. The molecule has 0 fully saturated rings. The van der Waals surface area contributed by atoms with Crippen molar-refractivity contribution >= 4 is 5.69 Å². The van der Waals surface area contributed by atoms with E-state index in [9.17, 15) is 5.11 Å². The van der Waals surface area contributed by atoms with Gasteiger partial charge < -0.3 is 10.8 Å². The van der Waals surface area contributed by atoms with E-state index in [0.29, 0.717) is 12.1 Å². The first-order chi connectivity index (χ1) is 5.49. The Morgan fingerprint density at radius 3 is 2.75 bits per heavy atom. The first kappa shape index (κ1) is 9.00. The summed E-state index contributed by atoms with van der Waals surface area (Å²) in [4.78, 5) is 3.94. The first-order valence-electron chi connectivity index (χ1n) is 3.90. The van der Waals surface area contributed by atoms with Gasteiger partial charge in [-0.1, -0.05) is 0 Å². The van der Waals surface area contributed by atoms with Crippen molar-refractivity contribution in [3.05, 3.63) is 24.0 Å². The van der Waals surface area contributed by atoms with Gasteiger partial charge in [-0.05, 0) is 25.5 Å². The van der Waals surface area contributed by atoms with Crippen LogP contribution in [0.3, 0.4) is 0 Å². The SMILES string of the molecule is CC(C)(O)Cc1cnccc1N. The van der Waals surface area contributed by atoms with Crippen molar-refractivity contribution in [2.75, 3.05) is 5.73 Å². The lowest BCUT2D eigenvalue weighted by atomic mass is 9.99. The van der Waals surface area contributed by atoms with E-state index in [0.717, 1.165) is 5.56 Å². The lowest BCUT2D eigenvalue weighted by molar-refractivity contribution is 0.0811. The zero-order valence-corrected chi connectivity index (χ0v) is 7.41. The van der Waals surface area contributed by atoms with Crippen molar-refractivity contribution in [2.24, 2.45) is 0 Å². The molecule has 0 aliphatic heterocycles. The van der Waals surface area contributed by atoms with Crippen LogP contribution in [0.15, 0.2) is 18.5 Å². The van der Waals surface area contributed by atoms with E-state index in [4.69, 9.17) is 5.73 Å². The Kier molecular flexibility index (Phi) is 2.33. The number of nitrogens with zero attached hydrogens (tertiary/aromatic N) is 1. The van der Waals surface area contributed by atoms with E-state index in [1.807, 2.05) is 0 Å². The van der Waals surface area contributed by atoms with Gasteiger partial charge in [0, 0.05) is 24.5 Å². The zero-order chi connectivity index (χ0) is 9.19. The van der Waals surface area contributed by atoms with E-state index in [1.165, 1.54) is 0 Å². The van der Waals surface area contributed by atoms with Gasteiger partial charge >= 0.3 is 0 Å². The molecule has 1 aromatic heterocycles. The maximum atomic E-state index is 9.51. The quantitative estimate of drug-likeness (QED) is 0.688. The summed E-state index contributed by atoms with van der Waals surface area (Å²) in [6.07, 6.45) is 3.86. The predicted octanol–water partition coefficient (Wildman–Crippen LogP) is 0.977. The molecule has 0 atom stereocenters. The number of nitrogens with two attached hydrogens (primary N) is 1. The Labute approximate surface area is 72.2 Å². The number of anilines is 1. The Morgan fingerprint density at radius 1 is 1.58 bits per heavy atom. The number of aliphatic hydroxyl groups is 1. The number of hydrogen-bond acceptors (Lipinski definition) is 3. The van der Waals surface area contributed by atoms with Gasteiger partial charge in [-0.3, -0.25) is 4.98 Å². The van der Waals surface area contributed by atoms with Crippen molar-refractivity contribution in [1.29, 1.82) is 0 Å². The minimum absolute atomic E-state index is 0.534. The van der Waals surface area contributed by atoms with Gasteiger partial charge in [0.25, 0.3) is 0 Å². The molecule has 0 aliphatic rings. The van der Waals surface area contributed by atoms with E-state index in [-0.39, 0.29) is 0 Å². The highest BCUT2D eigenvalue weighted by atomic mass is 16.3. The van der Waals surface area contributed by atoms with Crippen LogP contribution in [0.2, 0.25) is 0 Å². The van der Waals surface area contributed by atoms with Gasteiger partial charge in [0.2, 0.25) is 0 Å². The van der Waals surface area contributed by atoms with E-state index >= 15 is 0 Å². The highest BCUT2D eigenvalue weighted by molar-refractivity contribution is 5.44. The summed E-state index contributed by atoms with van der Waals surface area (Å²) in [6, 6.07) is 1.74. The van der Waals surface area contributed by atoms with Gasteiger partial charge in [-0.15, -0.1) is 0 Å². The molecule has 3 N–H and O–H groups in total. The van der Waals surface area contributed by atoms with Gasteiger partial charge in [-0.25, -0.2) is 0 Å². The summed E-state index contributed by atoms with van der Waals surface area (Å²) in [6.45, 7) is 3.50. The molecule has 3 nitrogen and oxygen atoms in total. The smallest absolute Gasteiger partial charge is 0.0633 e. The molecule has 12 heavy (non-hydrogen) atoms. The number of hydrogen-bond donors (Lipinski definition) is 2. The number of pyridine rings is 1. The Hall–Kier alpha value is -1.09. The fourth-order valence-electron chi connectivity index (χ4n) is 1.05. The average Bonchev–Trinajstić information content (AvgIpc) is 1.91. The van der Waals surface area contributed by atoms with Gasteiger partial charge in [0.15, 0.2) is 0 Å². The highest BCUT2D eigenvalue weighted by Crippen LogP contribution is 2.16. The van der Waals surface area contributed by atoms with Crippen LogP contribution in [0, 0.1) is 0 Å². The van der Waals surface area contributed by atoms with Crippen molar-refractivity contribution < 1.29 is 5.11 Å². The molecule has 0 unspecified atom stereocenters. The second-order valence-electron chi connectivity index (χ2n) is 3.56. The average molecular weight is 166 g/mol. The summed E-state index contributed by atoms with van der Waals surface area (Å²) in [5.41, 5.74) is 6.53. The van der Waals surface area contributed by atoms with Crippen molar-refractivity contribution in [3.63, 3.8) is 0 Å². The fraction of sp³-hybridized carbons (Fsp3) is 0.444. The van der Waals surface area contributed by atoms with E-state index < -0.39 is 5.60 Å². The topological polar surface area (TPSA) is 59.1 Å². The monoisotopic (exact) mass is 166 g/mol. The third kappa shape index (κ3) is 2.51. The lowest BCUT2D eigenvalue weighted by Gasteiger charge is -2.17. The van der Waals surface area contributed by atoms with Crippen LogP contribution in [-0.2, 0) is 6.42 Å². The largest absolute Gasteiger partial charge is 0.398 e. The summed E-state index contributed by atoms with van der Waals surface area (Å²) < 4.78 is 0. The molecule has 0 saturated heterocycles. The first-order valence-corrected chi connectivity index (χ1v) is 3.90. The van der Waals surface area contributed by atoms with Crippen molar-refractivity contribution in [3.8, 4) is 0 Å². The van der Waals surface area contributed by atoms with Crippen LogP contribution in [-0.4, -0.2) is 15.7 Å². The minimum atomic E-state index is -0.725. The van der Waals surface area contributed by atoms with Crippen LogP contribution in [0.4, 0.5) is 5.69 Å². The standard InChI is InChI=1S/C9H14N2O/c1-9(2,12)5-7-6-11-4-3-8(7)10/h3-4,6,12H,5H2,1-2H3,(H2,10,11). The predicted molar refractivity (Wildman–Crippen MR) is 48.7 cm³/mol. The fourth-order valence-corrected chi connectivity index (χ4v) is 1.05. The molecule has 3 heteroatoms. The second-order valence-corrected chi connectivity index (χ2v) is 3.56. The Balaban J connectivity index is 2.83. The number of nitrogen functional groups attached to an aromatic ring is 1. The molecule has 0 radical (unpaired) electrons. The van der Waals surface area contributed by atoms with Crippen LogP contribution in [0.1, 0.15) is 19.4 Å². The molecule has 0 amide bonds. The summed E-state index contributed by atoms with van der Waals surface area (Å²) in [5.74, 6) is 0. The van der Waals surface area contributed by atoms with Crippen LogP contribution in [0.5, 0.6) is 0 Å². The van der Waals surface area contributed by atoms with Gasteiger partial charge in [0.05, 0.1) is 5.60 Å². The molecular weight excluding hydrogens is 152 g/mol. The maximum Gasteiger partial charge on any atom is 0.0633 e. The third-order valence-electron chi connectivity index (χ3n) is 1.56. The molecule has 0 saturated carbocycles. The van der Waals surface area contributed by atoms with Crippen LogP contribution < -0.4 is 5.73 Å². The van der Waals surface area contributed by atoms with E-state index in [2.05, 4.69) is 4.98 Å². The number of aromatic nitrogens is 1. The summed E-state index contributed by atoms with van der Waals surface area (Å²) >= 11 is 0. The summed E-state index contributed by atoms with van der Waals surface area (Å²) in [7, 11) is 0. The normalized spacial score (nSPS) is 11.6. The Bertz CT molecular complexity index is 265. The third-order valence-corrected chi connectivity index (χ3v) is 1.56. The van der Waals surface area contributed by atoms with Gasteiger partial charge in [0.1, 0.15) is 0 Å². The molecule has 0 aromatic carbocycles. The van der Waals surface area contributed by atoms with E-state index in [1.54, 1.807) is 32.3 Å².